The molecule has 0 N–H and O–H groups in total. The van der Waals surface area contributed by atoms with Gasteiger partial charge in [0.1, 0.15) is 22.4 Å². The van der Waals surface area contributed by atoms with Gasteiger partial charge < -0.3 is 14.1 Å². The van der Waals surface area contributed by atoms with Crippen molar-refractivity contribution in [1.29, 1.82) is 0 Å². The van der Waals surface area contributed by atoms with Crippen LogP contribution in [0.1, 0.15) is 11.3 Å². The molecule has 3 heterocycles. The van der Waals surface area contributed by atoms with Gasteiger partial charge in [0.2, 0.25) is 5.84 Å². The maximum absolute atomic E-state index is 12.8. The summed E-state index contributed by atoms with van der Waals surface area (Å²) in [5.41, 5.74) is 0.509. The number of pyridine rings is 1. The molecular formula is C22H16BrCl2F3N4O4. The molecule has 0 atom stereocenters. The summed E-state index contributed by atoms with van der Waals surface area (Å²) in [7, 11) is 0. The van der Waals surface area contributed by atoms with Crippen molar-refractivity contribution in [3.8, 4) is 17.1 Å². The molecular weight excluding hydrogens is 592 g/mol. The van der Waals surface area contributed by atoms with Crippen LogP contribution in [0.3, 0.4) is 0 Å². The molecule has 3 aromatic rings. The van der Waals surface area contributed by atoms with E-state index in [1.807, 2.05) is 0 Å². The molecule has 0 fully saturated rings. The van der Waals surface area contributed by atoms with Crippen LogP contribution in [0, 0.1) is 10.1 Å². The molecule has 4 rings (SSSR count). The molecule has 1 aliphatic heterocycles. The van der Waals surface area contributed by atoms with E-state index in [1.54, 1.807) is 23.2 Å². The smallest absolute Gasteiger partial charge is 0.456 e. The van der Waals surface area contributed by atoms with E-state index in [1.165, 1.54) is 30.3 Å². The van der Waals surface area contributed by atoms with Crippen molar-refractivity contribution >= 4 is 51.8 Å². The van der Waals surface area contributed by atoms with Crippen LogP contribution in [0.25, 0.3) is 17.4 Å². The molecule has 1 aliphatic rings. The Morgan fingerprint density at radius 3 is 2.72 bits per heavy atom. The van der Waals surface area contributed by atoms with Crippen molar-refractivity contribution < 1.29 is 27.2 Å². The highest BCUT2D eigenvalue weighted by atomic mass is 79.9. The first-order chi connectivity index (χ1) is 16.6. The van der Waals surface area contributed by atoms with Crippen LogP contribution in [0.2, 0.25) is 5.15 Å². The summed E-state index contributed by atoms with van der Waals surface area (Å²) < 4.78 is 48.6. The minimum absolute atomic E-state index is 0. The first-order valence-corrected chi connectivity index (χ1v) is 11.2. The van der Waals surface area contributed by atoms with Gasteiger partial charge in [0.05, 0.1) is 23.1 Å². The Labute approximate surface area is 222 Å². The summed E-state index contributed by atoms with van der Waals surface area (Å²) in [4.78, 5) is 21.3. The van der Waals surface area contributed by atoms with E-state index in [0.717, 1.165) is 11.6 Å². The predicted molar refractivity (Wildman–Crippen MR) is 133 cm³/mol. The second-order valence-electron chi connectivity index (χ2n) is 7.29. The van der Waals surface area contributed by atoms with Gasteiger partial charge >= 0.3 is 12.1 Å². The summed E-state index contributed by atoms with van der Waals surface area (Å²) >= 11 is 8.92. The van der Waals surface area contributed by atoms with E-state index in [0.29, 0.717) is 29.3 Å². The fourth-order valence-electron chi connectivity index (χ4n) is 3.42. The number of halogens is 6. The molecule has 1 aromatic carbocycles. The number of aliphatic imine (C=N–C) groups is 1. The van der Waals surface area contributed by atoms with Crippen molar-refractivity contribution in [2.45, 2.75) is 12.9 Å². The van der Waals surface area contributed by atoms with Gasteiger partial charge in [-0.3, -0.25) is 15.1 Å². The molecule has 2 aromatic heterocycles. The third kappa shape index (κ3) is 6.77. The fourth-order valence-corrected chi connectivity index (χ4v) is 3.87. The minimum atomic E-state index is -4.91. The monoisotopic (exact) mass is 606 g/mol. The van der Waals surface area contributed by atoms with Gasteiger partial charge in [0.15, 0.2) is 0 Å². The molecule has 8 nitrogen and oxygen atoms in total. The molecule has 0 aliphatic carbocycles. The summed E-state index contributed by atoms with van der Waals surface area (Å²) in [6.45, 7) is 1.15. The van der Waals surface area contributed by atoms with Crippen molar-refractivity contribution in [3.63, 3.8) is 0 Å². The zero-order valence-electron chi connectivity index (χ0n) is 18.0. The van der Waals surface area contributed by atoms with Gasteiger partial charge in [-0.25, -0.2) is 4.98 Å². The molecule has 0 saturated heterocycles. The van der Waals surface area contributed by atoms with Crippen LogP contribution in [-0.2, 0) is 6.54 Å². The SMILES string of the molecule is Cl.O=[N+]([O-])/C(=C/c1ccc(-c2ccc(Br)cc2OC(F)(F)F)o1)C1=NCCN1Cc1ccc(Cl)nc1. The summed E-state index contributed by atoms with van der Waals surface area (Å²) in [5.74, 6) is -0.208. The van der Waals surface area contributed by atoms with Crippen LogP contribution in [0.5, 0.6) is 5.75 Å². The lowest BCUT2D eigenvalue weighted by Gasteiger charge is -2.18. The average Bonchev–Trinajstić information content (AvgIpc) is 3.42. The third-order valence-electron chi connectivity index (χ3n) is 4.86. The van der Waals surface area contributed by atoms with Crippen LogP contribution in [0.4, 0.5) is 13.2 Å². The first kappa shape index (κ1) is 27.5. The van der Waals surface area contributed by atoms with Crippen molar-refractivity contribution in [2.24, 2.45) is 4.99 Å². The Morgan fingerprint density at radius 1 is 1.28 bits per heavy atom. The number of ether oxygens (including phenoxy) is 1. The number of furan rings is 1. The first-order valence-electron chi connectivity index (χ1n) is 10.0. The Balaban J connectivity index is 0.00000361. The number of alkyl halides is 3. The second kappa shape index (κ2) is 11.3. The van der Waals surface area contributed by atoms with Gasteiger partial charge in [-0.05, 0) is 42.0 Å². The Kier molecular flexibility index (Phi) is 8.64. The highest BCUT2D eigenvalue weighted by Crippen LogP contribution is 2.37. The Morgan fingerprint density at radius 2 is 2.06 bits per heavy atom. The molecule has 0 unspecified atom stereocenters. The number of nitrogens with zero attached hydrogens (tertiary/aromatic N) is 4. The third-order valence-corrected chi connectivity index (χ3v) is 5.58. The van der Waals surface area contributed by atoms with E-state index in [4.69, 9.17) is 16.0 Å². The molecule has 0 amide bonds. The topological polar surface area (TPSA) is 94.0 Å². The largest absolute Gasteiger partial charge is 0.573 e. The highest BCUT2D eigenvalue weighted by molar-refractivity contribution is 9.10. The van der Waals surface area contributed by atoms with Gasteiger partial charge in [0, 0.05) is 23.8 Å². The van der Waals surface area contributed by atoms with Crippen LogP contribution in [0.15, 0.2) is 68.2 Å². The molecule has 0 bridgehead atoms. The van der Waals surface area contributed by atoms with E-state index in [2.05, 4.69) is 30.6 Å². The number of benzene rings is 1. The molecule has 190 valence electrons. The lowest BCUT2D eigenvalue weighted by atomic mass is 10.1. The lowest BCUT2D eigenvalue weighted by molar-refractivity contribution is -0.414. The van der Waals surface area contributed by atoms with Crippen LogP contribution in [-0.4, -0.2) is 40.1 Å². The molecule has 0 spiro atoms. The zero-order chi connectivity index (χ0) is 25.2. The summed E-state index contributed by atoms with van der Waals surface area (Å²) in [6.07, 6.45) is -2.15. The average molecular weight is 608 g/mol. The Hall–Kier alpha value is -3.09. The maximum Gasteiger partial charge on any atom is 0.573 e. The zero-order valence-corrected chi connectivity index (χ0v) is 21.2. The minimum Gasteiger partial charge on any atom is -0.456 e. The molecule has 14 heteroatoms. The molecule has 0 radical (unpaired) electrons. The molecule has 0 saturated carbocycles. The van der Waals surface area contributed by atoms with Crippen LogP contribution >= 0.6 is 39.9 Å². The van der Waals surface area contributed by atoms with Crippen molar-refractivity contribution in [1.82, 2.24) is 9.88 Å². The summed E-state index contributed by atoms with van der Waals surface area (Å²) in [6, 6.07) is 10.3. The quantitative estimate of drug-likeness (QED) is 0.170. The fraction of sp³-hybridized carbons (Fsp3) is 0.182. The number of rotatable bonds is 7. The van der Waals surface area contributed by atoms with E-state index < -0.39 is 17.0 Å². The van der Waals surface area contributed by atoms with Gasteiger partial charge in [-0.2, -0.15) is 0 Å². The van der Waals surface area contributed by atoms with E-state index in [9.17, 15) is 23.3 Å². The predicted octanol–water partition coefficient (Wildman–Crippen LogP) is 6.61. The maximum atomic E-state index is 12.8. The van der Waals surface area contributed by atoms with Gasteiger partial charge in [-0.15, -0.1) is 25.6 Å². The van der Waals surface area contributed by atoms with Crippen molar-refractivity contribution in [3.05, 3.63) is 85.4 Å². The summed E-state index contributed by atoms with van der Waals surface area (Å²) in [5, 5.41) is 12.2. The second-order valence-corrected chi connectivity index (χ2v) is 8.60. The van der Waals surface area contributed by atoms with Crippen molar-refractivity contribution in [2.75, 3.05) is 13.1 Å². The normalized spacial score (nSPS) is 13.9. The standard InChI is InChI=1S/C22H15BrClF3N4O4.ClH/c23-14-2-4-16(19(9-14)35-22(25,26)27)18-5-3-15(34-18)10-17(31(32)33)21-28-7-8-30(21)12-13-1-6-20(24)29-11-13;/h1-6,9-11H,7-8,12H2;1H/b17-10+;. The molecule has 36 heavy (non-hydrogen) atoms. The van der Waals surface area contributed by atoms with Crippen LogP contribution < -0.4 is 4.74 Å². The van der Waals surface area contributed by atoms with Gasteiger partial charge in [0.25, 0.3) is 0 Å². The number of hydrogen-bond donors (Lipinski definition) is 0. The highest BCUT2D eigenvalue weighted by Gasteiger charge is 2.33. The number of nitro groups is 1. The number of aromatic nitrogens is 1. The number of amidine groups is 1. The number of hydrogen-bond acceptors (Lipinski definition) is 7. The van der Waals surface area contributed by atoms with E-state index >= 15 is 0 Å². The Bertz CT molecular complexity index is 1310. The lowest BCUT2D eigenvalue weighted by Crippen LogP contribution is -2.30. The van der Waals surface area contributed by atoms with E-state index in [-0.39, 0.29) is 41.0 Å². The van der Waals surface area contributed by atoms with Gasteiger partial charge in [-0.1, -0.05) is 33.6 Å².